The second kappa shape index (κ2) is 8.93. The number of nitrogens with zero attached hydrogens (tertiary/aromatic N) is 3. The number of hydrogen-bond donors (Lipinski definition) is 0. The van der Waals surface area contributed by atoms with Crippen molar-refractivity contribution in [1.29, 1.82) is 0 Å². The Morgan fingerprint density at radius 3 is 2.33 bits per heavy atom. The lowest BCUT2D eigenvalue weighted by molar-refractivity contribution is 0.340. The van der Waals surface area contributed by atoms with Crippen molar-refractivity contribution in [1.82, 2.24) is 9.29 Å². The van der Waals surface area contributed by atoms with Crippen LogP contribution >= 0.6 is 22.9 Å². The number of sulfonamides is 1. The molecule has 0 spiro atoms. The molecule has 0 aliphatic carbocycles. The summed E-state index contributed by atoms with van der Waals surface area (Å²) < 4.78 is 32.7. The summed E-state index contributed by atoms with van der Waals surface area (Å²) in [4.78, 5) is 7.16. The minimum Gasteiger partial charge on any atom is -0.494 e. The second-order valence-electron chi connectivity index (χ2n) is 6.82. The Hall–Kier alpha value is -2.13. The average Bonchev–Trinajstić information content (AvgIpc) is 3.25. The fourth-order valence-electron chi connectivity index (χ4n) is 3.31. The summed E-state index contributed by atoms with van der Waals surface area (Å²) in [5, 5.41) is 3.45. The number of aromatic nitrogens is 1. The third-order valence-electron chi connectivity index (χ3n) is 4.91. The standard InChI is InChI=1S/C21H22ClN3O3S2/c1-2-28-18-7-3-16(4-8-18)20-15-29-21(23-20)24-11-13-25(14-12-24)30(26,27)19-9-5-17(22)6-10-19/h3-10,15H,2,11-14H2,1H3. The zero-order valence-electron chi connectivity index (χ0n) is 16.5. The molecule has 1 saturated heterocycles. The molecule has 4 rings (SSSR count). The predicted octanol–water partition coefficient (Wildman–Crippen LogP) is 4.37. The van der Waals surface area contributed by atoms with Crippen LogP contribution in [-0.4, -0.2) is 50.5 Å². The molecule has 0 saturated carbocycles. The fourth-order valence-corrected chi connectivity index (χ4v) is 5.74. The summed E-state index contributed by atoms with van der Waals surface area (Å²) in [6.45, 7) is 4.64. The average molecular weight is 464 g/mol. The van der Waals surface area contributed by atoms with Crippen molar-refractivity contribution in [2.45, 2.75) is 11.8 Å². The van der Waals surface area contributed by atoms with Gasteiger partial charge in [0.15, 0.2) is 5.13 Å². The van der Waals surface area contributed by atoms with Crippen LogP contribution in [0.1, 0.15) is 6.92 Å². The highest BCUT2D eigenvalue weighted by Gasteiger charge is 2.29. The van der Waals surface area contributed by atoms with Crippen LogP contribution in [0.4, 0.5) is 5.13 Å². The Balaban J connectivity index is 1.41. The Labute approximate surface area is 185 Å². The summed E-state index contributed by atoms with van der Waals surface area (Å²) in [6, 6.07) is 14.2. The number of piperazine rings is 1. The molecule has 0 unspecified atom stereocenters. The van der Waals surface area contributed by atoms with Crippen LogP contribution < -0.4 is 9.64 Å². The van der Waals surface area contributed by atoms with Gasteiger partial charge in [-0.25, -0.2) is 13.4 Å². The lowest BCUT2D eigenvalue weighted by Crippen LogP contribution is -2.48. The molecule has 0 atom stereocenters. The molecule has 1 aliphatic heterocycles. The molecule has 0 bridgehead atoms. The number of hydrogen-bond acceptors (Lipinski definition) is 6. The van der Waals surface area contributed by atoms with Gasteiger partial charge < -0.3 is 9.64 Å². The predicted molar refractivity (Wildman–Crippen MR) is 121 cm³/mol. The molecule has 1 aromatic heterocycles. The minimum atomic E-state index is -3.51. The summed E-state index contributed by atoms with van der Waals surface area (Å²) in [5.41, 5.74) is 1.94. The number of benzene rings is 2. The van der Waals surface area contributed by atoms with E-state index in [2.05, 4.69) is 4.90 Å². The highest BCUT2D eigenvalue weighted by atomic mass is 35.5. The van der Waals surface area contributed by atoms with E-state index in [4.69, 9.17) is 21.3 Å². The SMILES string of the molecule is CCOc1ccc(-c2csc(N3CCN(S(=O)(=O)c4ccc(Cl)cc4)CC3)n2)cc1. The van der Waals surface area contributed by atoms with Crippen molar-refractivity contribution in [3.05, 3.63) is 58.9 Å². The van der Waals surface area contributed by atoms with E-state index in [-0.39, 0.29) is 4.90 Å². The van der Waals surface area contributed by atoms with Gasteiger partial charge >= 0.3 is 0 Å². The monoisotopic (exact) mass is 463 g/mol. The first kappa shape index (κ1) is 21.1. The van der Waals surface area contributed by atoms with Gasteiger partial charge in [0.2, 0.25) is 10.0 Å². The van der Waals surface area contributed by atoms with Gasteiger partial charge in [-0.2, -0.15) is 4.31 Å². The molecule has 0 amide bonds. The van der Waals surface area contributed by atoms with E-state index in [0.29, 0.717) is 37.8 Å². The van der Waals surface area contributed by atoms with Crippen LogP contribution in [0, 0.1) is 0 Å². The van der Waals surface area contributed by atoms with Gasteiger partial charge in [-0.1, -0.05) is 11.6 Å². The quantitative estimate of drug-likeness (QED) is 0.543. The number of rotatable bonds is 6. The normalized spacial score (nSPS) is 15.3. The third-order valence-corrected chi connectivity index (χ3v) is 7.98. The molecule has 0 radical (unpaired) electrons. The molecule has 2 heterocycles. The molecule has 0 N–H and O–H groups in total. The van der Waals surface area contributed by atoms with Crippen molar-refractivity contribution in [2.75, 3.05) is 37.7 Å². The van der Waals surface area contributed by atoms with Crippen molar-refractivity contribution in [3.63, 3.8) is 0 Å². The molecule has 158 valence electrons. The topological polar surface area (TPSA) is 62.7 Å². The highest BCUT2D eigenvalue weighted by Crippen LogP contribution is 2.30. The van der Waals surface area contributed by atoms with Gasteiger partial charge in [0.1, 0.15) is 5.75 Å². The molecule has 30 heavy (non-hydrogen) atoms. The summed E-state index contributed by atoms with van der Waals surface area (Å²) in [6.07, 6.45) is 0. The van der Waals surface area contributed by atoms with Crippen molar-refractivity contribution >= 4 is 38.1 Å². The first-order valence-corrected chi connectivity index (χ1v) is 12.4. The van der Waals surface area contributed by atoms with Crippen molar-refractivity contribution in [3.8, 4) is 17.0 Å². The second-order valence-corrected chi connectivity index (χ2v) is 10.0. The molecule has 9 heteroatoms. The molecule has 2 aromatic carbocycles. The number of halogens is 1. The van der Waals surface area contributed by atoms with Gasteiger partial charge in [0, 0.05) is 42.1 Å². The first-order valence-electron chi connectivity index (χ1n) is 9.67. The Kier molecular flexibility index (Phi) is 6.29. The van der Waals surface area contributed by atoms with E-state index in [1.807, 2.05) is 36.6 Å². The van der Waals surface area contributed by atoms with Gasteiger partial charge in [0.25, 0.3) is 0 Å². The maximum Gasteiger partial charge on any atom is 0.243 e. The van der Waals surface area contributed by atoms with Crippen molar-refractivity contribution < 1.29 is 13.2 Å². The molecular weight excluding hydrogens is 442 g/mol. The van der Waals surface area contributed by atoms with Crippen LogP contribution in [0.15, 0.2) is 58.8 Å². The fraction of sp³-hybridized carbons (Fsp3) is 0.286. The van der Waals surface area contributed by atoms with E-state index in [1.54, 1.807) is 35.6 Å². The van der Waals surface area contributed by atoms with Gasteiger partial charge in [-0.05, 0) is 55.5 Å². The Morgan fingerprint density at radius 1 is 1.03 bits per heavy atom. The molecule has 3 aromatic rings. The Bertz CT molecular complexity index is 1090. The van der Waals surface area contributed by atoms with E-state index in [1.165, 1.54) is 4.31 Å². The van der Waals surface area contributed by atoms with Gasteiger partial charge in [-0.15, -0.1) is 11.3 Å². The molecule has 1 fully saturated rings. The van der Waals surface area contributed by atoms with Crippen LogP contribution in [0.3, 0.4) is 0 Å². The highest BCUT2D eigenvalue weighted by molar-refractivity contribution is 7.89. The van der Waals surface area contributed by atoms with E-state index in [9.17, 15) is 8.42 Å². The van der Waals surface area contributed by atoms with Crippen molar-refractivity contribution in [2.24, 2.45) is 0 Å². The zero-order valence-corrected chi connectivity index (χ0v) is 18.9. The van der Waals surface area contributed by atoms with Gasteiger partial charge in [-0.3, -0.25) is 0 Å². The lowest BCUT2D eigenvalue weighted by atomic mass is 10.2. The largest absolute Gasteiger partial charge is 0.494 e. The minimum absolute atomic E-state index is 0.271. The maximum absolute atomic E-state index is 12.8. The number of ether oxygens (including phenoxy) is 1. The van der Waals surface area contributed by atoms with E-state index < -0.39 is 10.0 Å². The first-order chi connectivity index (χ1) is 14.5. The maximum atomic E-state index is 12.8. The van der Waals surface area contributed by atoms with Crippen LogP contribution in [0.25, 0.3) is 11.3 Å². The molecule has 6 nitrogen and oxygen atoms in total. The lowest BCUT2D eigenvalue weighted by Gasteiger charge is -2.33. The smallest absolute Gasteiger partial charge is 0.243 e. The third kappa shape index (κ3) is 4.46. The van der Waals surface area contributed by atoms with E-state index >= 15 is 0 Å². The van der Waals surface area contributed by atoms with Crippen LogP contribution in [0.2, 0.25) is 5.02 Å². The van der Waals surface area contributed by atoms with Crippen LogP contribution in [0.5, 0.6) is 5.75 Å². The summed E-state index contributed by atoms with van der Waals surface area (Å²) in [7, 11) is -3.51. The zero-order chi connectivity index (χ0) is 21.1. The number of thiazole rings is 1. The Morgan fingerprint density at radius 2 is 1.70 bits per heavy atom. The van der Waals surface area contributed by atoms with Gasteiger partial charge in [0.05, 0.1) is 17.2 Å². The van der Waals surface area contributed by atoms with Crippen LogP contribution in [-0.2, 0) is 10.0 Å². The number of anilines is 1. The summed E-state index contributed by atoms with van der Waals surface area (Å²) >= 11 is 7.45. The molecular formula is C21H22ClN3O3S2. The molecule has 1 aliphatic rings. The van der Waals surface area contributed by atoms with E-state index in [0.717, 1.165) is 22.1 Å². The summed E-state index contributed by atoms with van der Waals surface area (Å²) in [5.74, 6) is 0.842.